The lowest BCUT2D eigenvalue weighted by atomic mass is 10.5. The Hall–Kier alpha value is -0.900. The highest BCUT2D eigenvalue weighted by molar-refractivity contribution is 5.76. The number of carboxylic acid groups (broad SMARTS) is 1. The lowest BCUT2D eigenvalue weighted by Crippen LogP contribution is -1.93. The Morgan fingerprint density at radius 2 is 1.88 bits per heavy atom. The van der Waals surface area contributed by atoms with Crippen LogP contribution >= 0.6 is 0 Å². The van der Waals surface area contributed by atoms with Crippen LogP contribution in [0.4, 0.5) is 0 Å². The minimum atomic E-state index is -0.333. The first-order chi connectivity index (χ1) is 3.68. The molecule has 0 aliphatic heterocycles. The van der Waals surface area contributed by atoms with Crippen molar-refractivity contribution in [3.8, 4) is 0 Å². The Kier molecular flexibility index (Phi) is 12.0. The molecule has 0 rings (SSSR count). The smallest absolute Gasteiger partial charge is 0.290 e. The van der Waals surface area contributed by atoms with Gasteiger partial charge < -0.3 is 10.2 Å². The van der Waals surface area contributed by atoms with Crippen LogP contribution in [0.5, 0.6) is 0 Å². The van der Waals surface area contributed by atoms with Crippen LogP contribution in [-0.4, -0.2) is 29.1 Å². The van der Waals surface area contributed by atoms with E-state index < -0.39 is 0 Å². The molecule has 0 unspecified atom stereocenters. The molecule has 0 aromatic heterocycles. The zero-order chi connectivity index (χ0) is 6.99. The summed E-state index contributed by atoms with van der Waals surface area (Å²) in [6.07, 6.45) is 0. The second kappa shape index (κ2) is 9.44. The van der Waals surface area contributed by atoms with Crippen LogP contribution in [0.2, 0.25) is 0 Å². The van der Waals surface area contributed by atoms with E-state index in [1.54, 1.807) is 0 Å². The number of ketones is 1. The van der Waals surface area contributed by atoms with Crippen molar-refractivity contribution in [1.82, 2.24) is 0 Å². The van der Waals surface area contributed by atoms with Gasteiger partial charge in [-0.25, -0.2) is 0 Å². The number of rotatable bonds is 1. The molecular weight excluding hydrogens is 112 g/mol. The van der Waals surface area contributed by atoms with E-state index in [4.69, 9.17) is 15.0 Å². The Morgan fingerprint density at radius 1 is 1.75 bits per heavy atom. The largest absolute Gasteiger partial charge is 0.483 e. The normalized spacial score (nSPS) is 6.25. The van der Waals surface area contributed by atoms with Gasteiger partial charge in [0.2, 0.25) is 0 Å². The summed E-state index contributed by atoms with van der Waals surface area (Å²) in [6.45, 7) is 0.750. The lowest BCUT2D eigenvalue weighted by molar-refractivity contribution is -0.123. The molecule has 8 heavy (non-hydrogen) atoms. The maximum absolute atomic E-state index is 9.56. The summed E-state index contributed by atoms with van der Waals surface area (Å²) in [5, 5.41) is 14.7. The van der Waals surface area contributed by atoms with Crippen molar-refractivity contribution in [3.05, 3.63) is 0 Å². The van der Waals surface area contributed by atoms with Crippen LogP contribution < -0.4 is 0 Å². The van der Waals surface area contributed by atoms with Crippen molar-refractivity contribution in [2.75, 3.05) is 6.61 Å². The molecule has 0 aromatic rings. The van der Waals surface area contributed by atoms with Gasteiger partial charge in [0.05, 0.1) is 0 Å². The molecule has 0 aliphatic rings. The van der Waals surface area contributed by atoms with Gasteiger partial charge >= 0.3 is 0 Å². The zero-order valence-corrected chi connectivity index (χ0v) is 4.50. The van der Waals surface area contributed by atoms with E-state index in [9.17, 15) is 4.79 Å². The van der Waals surface area contributed by atoms with Crippen molar-refractivity contribution < 1.29 is 19.8 Å². The van der Waals surface area contributed by atoms with Crippen molar-refractivity contribution in [1.29, 1.82) is 0 Å². The third-order valence-electron chi connectivity index (χ3n) is 0.223. The topological polar surface area (TPSA) is 74.6 Å². The molecule has 0 bridgehead atoms. The van der Waals surface area contributed by atoms with Crippen LogP contribution in [0.1, 0.15) is 6.92 Å². The molecule has 0 atom stereocenters. The highest BCUT2D eigenvalue weighted by Crippen LogP contribution is 1.55. The molecule has 48 valence electrons. The van der Waals surface area contributed by atoms with E-state index in [1.807, 2.05) is 0 Å². The fraction of sp³-hybridized carbons (Fsp3) is 0.500. The number of aliphatic hydroxyl groups is 1. The number of Topliss-reactive ketones (excluding diaryl/α,β-unsaturated/α-hetero) is 1. The zero-order valence-electron chi connectivity index (χ0n) is 4.50. The molecule has 0 saturated carbocycles. The molecule has 0 amide bonds. The molecule has 2 N–H and O–H groups in total. The first kappa shape index (κ1) is 10.2. The summed E-state index contributed by atoms with van der Waals surface area (Å²) in [7, 11) is 0. The Labute approximate surface area is 46.8 Å². The molecule has 0 fully saturated rings. The summed E-state index contributed by atoms with van der Waals surface area (Å²) in [4.78, 5) is 17.9. The Bertz CT molecular complexity index is 68.4. The van der Waals surface area contributed by atoms with Crippen molar-refractivity contribution >= 4 is 12.3 Å². The average Bonchev–Trinajstić information content (AvgIpc) is 1.69. The van der Waals surface area contributed by atoms with Crippen LogP contribution in [0, 0.1) is 0 Å². The van der Waals surface area contributed by atoms with Crippen LogP contribution in [0.3, 0.4) is 0 Å². The molecule has 0 aromatic carbocycles. The van der Waals surface area contributed by atoms with Gasteiger partial charge in [-0.05, 0) is 6.92 Å². The van der Waals surface area contributed by atoms with Crippen molar-refractivity contribution in [3.63, 3.8) is 0 Å². The molecule has 4 nitrogen and oxygen atoms in total. The van der Waals surface area contributed by atoms with E-state index >= 15 is 0 Å². The van der Waals surface area contributed by atoms with Crippen LogP contribution in [-0.2, 0) is 9.59 Å². The van der Waals surface area contributed by atoms with E-state index in [0.29, 0.717) is 0 Å². The van der Waals surface area contributed by atoms with Crippen LogP contribution in [0.15, 0.2) is 0 Å². The second-order valence-corrected chi connectivity index (χ2v) is 0.966. The quantitative estimate of drug-likeness (QED) is 0.447. The van der Waals surface area contributed by atoms with Crippen molar-refractivity contribution in [2.45, 2.75) is 6.92 Å². The Morgan fingerprint density at radius 3 is 1.88 bits per heavy atom. The average molecular weight is 120 g/mol. The minimum Gasteiger partial charge on any atom is -0.483 e. The monoisotopic (exact) mass is 120 g/mol. The molecule has 0 saturated heterocycles. The summed E-state index contributed by atoms with van der Waals surface area (Å²) in [5.41, 5.74) is 0. The standard InChI is InChI=1S/C3H6O2.CH2O2/c1-3(5)2-4;2-1-3/h4H,2H2,1H3;1H,(H,2,3). The summed E-state index contributed by atoms with van der Waals surface area (Å²) >= 11 is 0. The summed E-state index contributed by atoms with van der Waals surface area (Å²) in [6, 6.07) is 0. The van der Waals surface area contributed by atoms with Gasteiger partial charge in [0.15, 0.2) is 5.78 Å². The third-order valence-corrected chi connectivity index (χ3v) is 0.223. The number of hydrogen-bond donors (Lipinski definition) is 2. The number of hydrogen-bond acceptors (Lipinski definition) is 3. The molecule has 0 spiro atoms. The van der Waals surface area contributed by atoms with E-state index in [2.05, 4.69) is 0 Å². The molecule has 0 heterocycles. The van der Waals surface area contributed by atoms with E-state index in [-0.39, 0.29) is 18.9 Å². The van der Waals surface area contributed by atoms with Crippen molar-refractivity contribution in [2.24, 2.45) is 0 Å². The first-order valence-corrected chi connectivity index (χ1v) is 1.87. The molecular formula is C4H8O4. The van der Waals surface area contributed by atoms with E-state index in [0.717, 1.165) is 0 Å². The number of carbonyl (C=O) groups excluding carboxylic acids is 1. The maximum atomic E-state index is 9.56. The minimum absolute atomic E-state index is 0.190. The van der Waals surface area contributed by atoms with Gasteiger partial charge in [-0.1, -0.05) is 0 Å². The highest BCUT2D eigenvalue weighted by atomic mass is 16.3. The third kappa shape index (κ3) is 70.9. The maximum Gasteiger partial charge on any atom is 0.290 e. The predicted molar refractivity (Wildman–Crippen MR) is 26.5 cm³/mol. The highest BCUT2D eigenvalue weighted by Gasteiger charge is 1.78. The molecule has 0 aliphatic carbocycles. The molecule has 0 radical (unpaired) electrons. The van der Waals surface area contributed by atoms with Gasteiger partial charge in [0.25, 0.3) is 6.47 Å². The van der Waals surface area contributed by atoms with Gasteiger partial charge in [0, 0.05) is 0 Å². The number of carbonyl (C=O) groups is 2. The van der Waals surface area contributed by atoms with Gasteiger partial charge in [-0.3, -0.25) is 9.59 Å². The summed E-state index contributed by atoms with van der Waals surface area (Å²) in [5.74, 6) is -0.190. The lowest BCUT2D eigenvalue weighted by Gasteiger charge is -1.72. The van der Waals surface area contributed by atoms with Gasteiger partial charge in [0.1, 0.15) is 6.61 Å². The molecule has 4 heteroatoms. The SMILES string of the molecule is CC(=O)CO.O=CO. The number of aliphatic hydroxyl groups excluding tert-OH is 1. The first-order valence-electron chi connectivity index (χ1n) is 1.87. The van der Waals surface area contributed by atoms with Gasteiger partial charge in [-0.2, -0.15) is 0 Å². The van der Waals surface area contributed by atoms with Crippen LogP contribution in [0.25, 0.3) is 0 Å². The fourth-order valence-electron chi connectivity index (χ4n) is 0. The fourth-order valence-corrected chi connectivity index (χ4v) is 0. The summed E-state index contributed by atoms with van der Waals surface area (Å²) < 4.78 is 0. The Balaban J connectivity index is 0. The predicted octanol–water partition coefficient (Wildman–Crippen LogP) is -0.732. The van der Waals surface area contributed by atoms with Gasteiger partial charge in [-0.15, -0.1) is 0 Å². The second-order valence-electron chi connectivity index (χ2n) is 0.966. The van der Waals surface area contributed by atoms with E-state index in [1.165, 1.54) is 6.92 Å².